The first-order valence-corrected chi connectivity index (χ1v) is 3.78. The van der Waals surface area contributed by atoms with Gasteiger partial charge in [0, 0.05) is 19.2 Å². The Hall–Kier alpha value is -1.38. The van der Waals surface area contributed by atoms with Gasteiger partial charge in [0.25, 0.3) is 0 Å². The molecule has 1 amide bonds. The Morgan fingerprint density at radius 3 is 2.75 bits per heavy atom. The summed E-state index contributed by atoms with van der Waals surface area (Å²) in [6.07, 6.45) is 3.71. The Kier molecular flexibility index (Phi) is 5.61. The minimum Gasteiger partial charge on any atom is -0.352 e. The van der Waals surface area contributed by atoms with Crippen molar-refractivity contribution >= 4 is 12.6 Å². The molecule has 0 fully saturated rings. The van der Waals surface area contributed by atoms with Crippen molar-refractivity contribution in [2.75, 3.05) is 6.54 Å². The molecule has 0 saturated carbocycles. The van der Waals surface area contributed by atoms with Gasteiger partial charge in [-0.15, -0.1) is 0 Å². The van der Waals surface area contributed by atoms with Gasteiger partial charge in [0.15, 0.2) is 0 Å². The van der Waals surface area contributed by atoms with E-state index in [9.17, 15) is 4.79 Å². The van der Waals surface area contributed by atoms with Gasteiger partial charge >= 0.3 is 0 Å². The molecule has 12 heavy (non-hydrogen) atoms. The second-order valence-electron chi connectivity index (χ2n) is 2.22. The SMILES string of the molecule is C=C/C(=C\N=C)CNC(=O)CC. The fourth-order valence-electron chi connectivity index (χ4n) is 0.613. The minimum atomic E-state index is 0.0202. The quantitative estimate of drug-likeness (QED) is 0.485. The summed E-state index contributed by atoms with van der Waals surface area (Å²) in [7, 11) is 0. The van der Waals surface area contributed by atoms with Crippen LogP contribution in [0.3, 0.4) is 0 Å². The second kappa shape index (κ2) is 6.34. The van der Waals surface area contributed by atoms with Crippen LogP contribution in [-0.2, 0) is 4.79 Å². The van der Waals surface area contributed by atoms with E-state index in [1.54, 1.807) is 19.2 Å². The van der Waals surface area contributed by atoms with E-state index in [1.807, 2.05) is 0 Å². The van der Waals surface area contributed by atoms with Crippen molar-refractivity contribution in [2.24, 2.45) is 4.99 Å². The van der Waals surface area contributed by atoms with Gasteiger partial charge in [-0.1, -0.05) is 19.6 Å². The summed E-state index contributed by atoms with van der Waals surface area (Å²) in [5.74, 6) is 0.0202. The maximum atomic E-state index is 10.8. The van der Waals surface area contributed by atoms with Gasteiger partial charge in [-0.05, 0) is 12.3 Å². The molecule has 0 rings (SSSR count). The van der Waals surface area contributed by atoms with Crippen molar-refractivity contribution < 1.29 is 4.79 Å². The van der Waals surface area contributed by atoms with E-state index in [2.05, 4.69) is 23.6 Å². The van der Waals surface area contributed by atoms with E-state index in [0.29, 0.717) is 13.0 Å². The van der Waals surface area contributed by atoms with Gasteiger partial charge in [0.05, 0.1) is 0 Å². The van der Waals surface area contributed by atoms with Gasteiger partial charge in [0.1, 0.15) is 0 Å². The van der Waals surface area contributed by atoms with Crippen molar-refractivity contribution in [1.29, 1.82) is 0 Å². The van der Waals surface area contributed by atoms with Crippen LogP contribution >= 0.6 is 0 Å². The van der Waals surface area contributed by atoms with Gasteiger partial charge in [-0.2, -0.15) is 0 Å². The van der Waals surface area contributed by atoms with Gasteiger partial charge in [0.2, 0.25) is 5.91 Å². The van der Waals surface area contributed by atoms with E-state index < -0.39 is 0 Å². The highest BCUT2D eigenvalue weighted by Gasteiger charge is 1.96. The van der Waals surface area contributed by atoms with Gasteiger partial charge < -0.3 is 5.32 Å². The molecule has 0 aliphatic carbocycles. The normalized spacial score (nSPS) is 10.6. The molecule has 0 aromatic rings. The lowest BCUT2D eigenvalue weighted by Gasteiger charge is -2.02. The topological polar surface area (TPSA) is 41.5 Å². The molecule has 0 aromatic heterocycles. The molecule has 0 radical (unpaired) electrons. The number of carbonyl (C=O) groups is 1. The number of rotatable bonds is 5. The third-order valence-corrected chi connectivity index (χ3v) is 1.33. The van der Waals surface area contributed by atoms with Crippen LogP contribution in [0.4, 0.5) is 0 Å². The predicted molar refractivity (Wildman–Crippen MR) is 51.1 cm³/mol. The van der Waals surface area contributed by atoms with Crippen LogP contribution in [0.15, 0.2) is 29.4 Å². The monoisotopic (exact) mass is 166 g/mol. The molecular weight excluding hydrogens is 152 g/mol. The Bertz CT molecular complexity index is 207. The van der Waals surface area contributed by atoms with Crippen LogP contribution in [0.5, 0.6) is 0 Å². The molecule has 3 heteroatoms. The number of carbonyl (C=O) groups excluding carboxylic acids is 1. The summed E-state index contributed by atoms with van der Waals surface area (Å²) in [4.78, 5) is 14.4. The van der Waals surface area contributed by atoms with E-state index in [0.717, 1.165) is 5.57 Å². The lowest BCUT2D eigenvalue weighted by atomic mass is 10.3. The Labute approximate surface area is 72.9 Å². The Balaban J connectivity index is 3.88. The molecule has 0 unspecified atom stereocenters. The van der Waals surface area contributed by atoms with Crippen molar-refractivity contribution in [1.82, 2.24) is 5.32 Å². The number of hydrogen-bond acceptors (Lipinski definition) is 2. The van der Waals surface area contributed by atoms with E-state index >= 15 is 0 Å². The molecule has 0 aliphatic rings. The third-order valence-electron chi connectivity index (χ3n) is 1.33. The zero-order valence-corrected chi connectivity index (χ0v) is 7.34. The van der Waals surface area contributed by atoms with E-state index in [1.165, 1.54) is 0 Å². The number of nitrogens with zero attached hydrogens (tertiary/aromatic N) is 1. The number of amides is 1. The standard InChI is InChI=1S/C9H14N2O/c1-4-8(6-10-3)7-11-9(12)5-2/h4,6H,1,3,5,7H2,2H3,(H,11,12)/b8-6+. The van der Waals surface area contributed by atoms with Crippen LogP contribution < -0.4 is 5.32 Å². The highest BCUT2D eigenvalue weighted by molar-refractivity contribution is 5.75. The average molecular weight is 166 g/mol. The van der Waals surface area contributed by atoms with Crippen LogP contribution in [0.1, 0.15) is 13.3 Å². The zero-order valence-electron chi connectivity index (χ0n) is 7.34. The number of nitrogens with one attached hydrogen (secondary N) is 1. The first-order valence-electron chi connectivity index (χ1n) is 3.78. The highest BCUT2D eigenvalue weighted by atomic mass is 16.1. The van der Waals surface area contributed by atoms with Crippen LogP contribution in [0.2, 0.25) is 0 Å². The maximum absolute atomic E-state index is 10.8. The summed E-state index contributed by atoms with van der Waals surface area (Å²) >= 11 is 0. The smallest absolute Gasteiger partial charge is 0.219 e. The third kappa shape index (κ3) is 4.44. The Morgan fingerprint density at radius 1 is 1.67 bits per heavy atom. The fourth-order valence-corrected chi connectivity index (χ4v) is 0.613. The fraction of sp³-hybridized carbons (Fsp3) is 0.333. The molecule has 0 bridgehead atoms. The summed E-state index contributed by atoms with van der Waals surface area (Å²) in [6, 6.07) is 0. The van der Waals surface area contributed by atoms with Crippen LogP contribution in [-0.4, -0.2) is 19.2 Å². The van der Waals surface area contributed by atoms with Crippen molar-refractivity contribution in [3.63, 3.8) is 0 Å². The summed E-state index contributed by atoms with van der Waals surface area (Å²) in [6.45, 7) is 9.16. The van der Waals surface area contributed by atoms with Crippen LogP contribution in [0.25, 0.3) is 0 Å². The van der Waals surface area contributed by atoms with Crippen LogP contribution in [0, 0.1) is 0 Å². The van der Waals surface area contributed by atoms with Gasteiger partial charge in [-0.3, -0.25) is 9.79 Å². The van der Waals surface area contributed by atoms with E-state index in [-0.39, 0.29) is 5.91 Å². The predicted octanol–water partition coefficient (Wildman–Crippen LogP) is 1.28. The molecule has 0 saturated heterocycles. The van der Waals surface area contributed by atoms with E-state index in [4.69, 9.17) is 0 Å². The van der Waals surface area contributed by atoms with Crippen molar-refractivity contribution in [3.05, 3.63) is 24.4 Å². The number of aliphatic imine (C=N–C) groups is 1. The lowest BCUT2D eigenvalue weighted by Crippen LogP contribution is -2.23. The Morgan fingerprint density at radius 2 is 2.33 bits per heavy atom. The largest absolute Gasteiger partial charge is 0.352 e. The maximum Gasteiger partial charge on any atom is 0.219 e. The highest BCUT2D eigenvalue weighted by Crippen LogP contribution is 1.93. The van der Waals surface area contributed by atoms with Crippen molar-refractivity contribution in [3.8, 4) is 0 Å². The molecular formula is C9H14N2O. The molecule has 66 valence electrons. The van der Waals surface area contributed by atoms with Crippen molar-refractivity contribution in [2.45, 2.75) is 13.3 Å². The molecule has 0 atom stereocenters. The minimum absolute atomic E-state index is 0.0202. The molecule has 0 spiro atoms. The van der Waals surface area contributed by atoms with Gasteiger partial charge in [-0.25, -0.2) is 0 Å². The second-order valence-corrected chi connectivity index (χ2v) is 2.22. The molecule has 0 aliphatic heterocycles. The summed E-state index contributed by atoms with van der Waals surface area (Å²) in [5.41, 5.74) is 0.854. The molecule has 0 heterocycles. The number of hydrogen-bond donors (Lipinski definition) is 1. The first kappa shape index (κ1) is 10.6. The molecule has 3 nitrogen and oxygen atoms in total. The molecule has 0 aromatic carbocycles. The lowest BCUT2D eigenvalue weighted by molar-refractivity contribution is -0.120. The zero-order chi connectivity index (χ0) is 9.40. The average Bonchev–Trinajstić information content (AvgIpc) is 2.11. The summed E-state index contributed by atoms with van der Waals surface area (Å²) < 4.78 is 0. The summed E-state index contributed by atoms with van der Waals surface area (Å²) in [5, 5.41) is 2.70. The molecule has 1 N–H and O–H groups in total. The first-order chi connectivity index (χ1) is 5.74.